The molecule has 0 atom stereocenters. The molecule has 10 rings (SSSR count). The second kappa shape index (κ2) is 11.4. The molecule has 0 fully saturated rings. The average molecular weight is 642 g/mol. The molecule has 5 heteroatoms. The highest BCUT2D eigenvalue weighted by atomic mass is 16.3. The molecule has 5 nitrogen and oxygen atoms in total. The van der Waals surface area contributed by atoms with Crippen LogP contribution in [0.25, 0.3) is 100 Å². The van der Waals surface area contributed by atoms with Crippen LogP contribution in [0.5, 0.6) is 0 Å². The van der Waals surface area contributed by atoms with Gasteiger partial charge in [-0.1, -0.05) is 115 Å². The van der Waals surface area contributed by atoms with Crippen LogP contribution in [0, 0.1) is 0 Å². The second-order valence-corrected chi connectivity index (χ2v) is 12.4. The number of fused-ring (bicyclic) bond motifs is 6. The number of para-hydroxylation sites is 1. The maximum absolute atomic E-state index is 6.61. The van der Waals surface area contributed by atoms with Crippen molar-refractivity contribution in [1.82, 2.24) is 15.0 Å². The van der Waals surface area contributed by atoms with E-state index in [4.69, 9.17) is 23.8 Å². The van der Waals surface area contributed by atoms with Gasteiger partial charge < -0.3 is 8.83 Å². The van der Waals surface area contributed by atoms with E-state index in [1.54, 1.807) is 0 Å². The van der Waals surface area contributed by atoms with E-state index in [1.807, 2.05) is 78.9 Å². The van der Waals surface area contributed by atoms with Gasteiger partial charge in [0.15, 0.2) is 17.5 Å². The normalized spacial score (nSPS) is 11.6. The molecule has 0 spiro atoms. The Morgan fingerprint density at radius 2 is 0.840 bits per heavy atom. The van der Waals surface area contributed by atoms with E-state index in [0.717, 1.165) is 82.8 Å². The predicted molar refractivity (Wildman–Crippen MR) is 202 cm³/mol. The fourth-order valence-electron chi connectivity index (χ4n) is 6.86. The first-order chi connectivity index (χ1) is 24.7. The van der Waals surface area contributed by atoms with Gasteiger partial charge in [-0.3, -0.25) is 0 Å². The van der Waals surface area contributed by atoms with Gasteiger partial charge in [-0.2, -0.15) is 0 Å². The monoisotopic (exact) mass is 641 g/mol. The zero-order valence-corrected chi connectivity index (χ0v) is 26.7. The van der Waals surface area contributed by atoms with Crippen LogP contribution in [0.4, 0.5) is 0 Å². The minimum absolute atomic E-state index is 0.575. The molecule has 10 aromatic rings. The first-order valence-electron chi connectivity index (χ1n) is 16.6. The van der Waals surface area contributed by atoms with Gasteiger partial charge in [0.25, 0.3) is 0 Å². The molecular weight excluding hydrogens is 615 g/mol. The van der Waals surface area contributed by atoms with Gasteiger partial charge in [0, 0.05) is 43.8 Å². The number of benzene rings is 7. The lowest BCUT2D eigenvalue weighted by Gasteiger charge is -2.09. The average Bonchev–Trinajstić information content (AvgIpc) is 3.76. The molecule has 0 unspecified atom stereocenters. The third kappa shape index (κ3) is 4.75. The number of hydrogen-bond donors (Lipinski definition) is 0. The standard InChI is InChI=1S/C45H27N3O2/c1-4-12-28(13-5-1)33-25-36(29-14-6-2-7-15-29)42-38(26-33)37-24-31(21-23-40(37)50-42)44-46-43(30-16-8-3-9-17-30)47-45(48-44)32-20-22-35-34-18-10-11-19-39(34)49-41(35)27-32/h1-27H. The van der Waals surface area contributed by atoms with Crippen molar-refractivity contribution in [3.05, 3.63) is 164 Å². The Bertz CT molecular complexity index is 2860. The molecule has 0 saturated heterocycles. The first-order valence-corrected chi connectivity index (χ1v) is 16.6. The quantitative estimate of drug-likeness (QED) is 0.187. The highest BCUT2D eigenvalue weighted by molar-refractivity contribution is 6.12. The summed E-state index contributed by atoms with van der Waals surface area (Å²) in [6.07, 6.45) is 0. The molecule has 0 aliphatic heterocycles. The molecule has 3 aromatic heterocycles. The molecule has 0 bridgehead atoms. The van der Waals surface area contributed by atoms with Crippen molar-refractivity contribution in [2.45, 2.75) is 0 Å². The van der Waals surface area contributed by atoms with Crippen LogP contribution in [-0.2, 0) is 0 Å². The van der Waals surface area contributed by atoms with Crippen molar-refractivity contribution < 1.29 is 8.83 Å². The fourth-order valence-corrected chi connectivity index (χ4v) is 6.86. The van der Waals surface area contributed by atoms with Gasteiger partial charge in [-0.15, -0.1) is 0 Å². The first kappa shape index (κ1) is 28.2. The van der Waals surface area contributed by atoms with Crippen LogP contribution in [0.15, 0.2) is 173 Å². The molecule has 3 heterocycles. The van der Waals surface area contributed by atoms with E-state index in [2.05, 4.69) is 84.9 Å². The number of rotatable bonds is 5. The van der Waals surface area contributed by atoms with Gasteiger partial charge >= 0.3 is 0 Å². The summed E-state index contributed by atoms with van der Waals surface area (Å²) < 4.78 is 12.8. The van der Waals surface area contributed by atoms with Gasteiger partial charge in [0.2, 0.25) is 0 Å². The smallest absolute Gasteiger partial charge is 0.164 e. The molecule has 0 N–H and O–H groups in total. The van der Waals surface area contributed by atoms with Crippen LogP contribution in [0.2, 0.25) is 0 Å². The Hall–Kier alpha value is -6.85. The Balaban J connectivity index is 1.18. The maximum atomic E-state index is 6.61. The van der Waals surface area contributed by atoms with Gasteiger partial charge in [-0.25, -0.2) is 15.0 Å². The van der Waals surface area contributed by atoms with E-state index >= 15 is 0 Å². The Morgan fingerprint density at radius 3 is 1.58 bits per heavy atom. The van der Waals surface area contributed by atoms with E-state index in [-0.39, 0.29) is 0 Å². The third-order valence-electron chi connectivity index (χ3n) is 9.33. The van der Waals surface area contributed by atoms with E-state index in [1.165, 1.54) is 0 Å². The number of nitrogens with zero attached hydrogens (tertiary/aromatic N) is 3. The summed E-state index contributed by atoms with van der Waals surface area (Å²) in [5, 5.41) is 4.18. The lowest BCUT2D eigenvalue weighted by molar-refractivity contribution is 0.669. The van der Waals surface area contributed by atoms with E-state index in [0.29, 0.717) is 17.5 Å². The van der Waals surface area contributed by atoms with Crippen LogP contribution >= 0.6 is 0 Å². The molecule has 0 aliphatic carbocycles. The minimum Gasteiger partial charge on any atom is -0.456 e. The zero-order valence-electron chi connectivity index (χ0n) is 26.7. The Labute approximate surface area is 287 Å². The van der Waals surface area contributed by atoms with Crippen molar-refractivity contribution in [3.8, 4) is 56.4 Å². The summed E-state index contributed by atoms with van der Waals surface area (Å²) >= 11 is 0. The highest BCUT2D eigenvalue weighted by Gasteiger charge is 2.18. The van der Waals surface area contributed by atoms with Crippen LogP contribution in [0.1, 0.15) is 0 Å². The van der Waals surface area contributed by atoms with Crippen LogP contribution in [-0.4, -0.2) is 15.0 Å². The minimum atomic E-state index is 0.575. The summed E-state index contributed by atoms with van der Waals surface area (Å²) in [4.78, 5) is 15.1. The summed E-state index contributed by atoms with van der Waals surface area (Å²) in [5.41, 5.74) is 10.4. The van der Waals surface area contributed by atoms with Gasteiger partial charge in [0.1, 0.15) is 22.3 Å². The van der Waals surface area contributed by atoms with Crippen LogP contribution in [0.3, 0.4) is 0 Å². The third-order valence-corrected chi connectivity index (χ3v) is 9.33. The SMILES string of the molecule is c1ccc(-c2cc(-c3ccccc3)c3oc4ccc(-c5nc(-c6ccccc6)nc(-c6ccc7c(c6)oc6ccccc67)n5)cc4c3c2)cc1. The fraction of sp³-hybridized carbons (Fsp3) is 0. The molecule has 0 aliphatic rings. The number of hydrogen-bond acceptors (Lipinski definition) is 5. The molecule has 50 heavy (non-hydrogen) atoms. The zero-order chi connectivity index (χ0) is 33.0. The number of furan rings is 2. The topological polar surface area (TPSA) is 65.0 Å². The lowest BCUT2D eigenvalue weighted by atomic mass is 9.95. The van der Waals surface area contributed by atoms with Crippen molar-refractivity contribution in [2.75, 3.05) is 0 Å². The van der Waals surface area contributed by atoms with Gasteiger partial charge in [-0.05, 0) is 65.2 Å². The van der Waals surface area contributed by atoms with Crippen molar-refractivity contribution >= 4 is 43.9 Å². The largest absolute Gasteiger partial charge is 0.456 e. The molecule has 0 radical (unpaired) electrons. The summed E-state index contributed by atoms with van der Waals surface area (Å²) in [6.45, 7) is 0. The molecule has 234 valence electrons. The van der Waals surface area contributed by atoms with E-state index < -0.39 is 0 Å². The van der Waals surface area contributed by atoms with E-state index in [9.17, 15) is 0 Å². The van der Waals surface area contributed by atoms with Crippen molar-refractivity contribution in [3.63, 3.8) is 0 Å². The predicted octanol–water partition coefficient (Wildman–Crippen LogP) is 12.0. The second-order valence-electron chi connectivity index (χ2n) is 12.4. The molecule has 7 aromatic carbocycles. The Morgan fingerprint density at radius 1 is 0.300 bits per heavy atom. The highest BCUT2D eigenvalue weighted by Crippen LogP contribution is 2.41. The summed E-state index contributed by atoms with van der Waals surface area (Å²) in [5.74, 6) is 1.76. The summed E-state index contributed by atoms with van der Waals surface area (Å²) in [7, 11) is 0. The number of aromatic nitrogens is 3. The molecule has 0 saturated carbocycles. The maximum Gasteiger partial charge on any atom is 0.164 e. The van der Waals surface area contributed by atoms with Crippen molar-refractivity contribution in [2.24, 2.45) is 0 Å². The van der Waals surface area contributed by atoms with Gasteiger partial charge in [0.05, 0.1) is 0 Å². The summed E-state index contributed by atoms with van der Waals surface area (Å²) in [6, 6.07) is 55.8. The molecular formula is C45H27N3O2. The molecule has 0 amide bonds. The lowest BCUT2D eigenvalue weighted by Crippen LogP contribution is -2.00. The Kier molecular flexibility index (Phi) is 6.42. The van der Waals surface area contributed by atoms with Crippen molar-refractivity contribution in [1.29, 1.82) is 0 Å². The van der Waals surface area contributed by atoms with Crippen LogP contribution < -0.4 is 0 Å².